The highest BCUT2D eigenvalue weighted by molar-refractivity contribution is 6.31. The van der Waals surface area contributed by atoms with Gasteiger partial charge in [-0.15, -0.1) is 0 Å². The van der Waals surface area contributed by atoms with Crippen molar-refractivity contribution in [1.29, 1.82) is 0 Å². The van der Waals surface area contributed by atoms with E-state index in [4.69, 9.17) is 22.4 Å². The number of halogens is 1. The lowest BCUT2D eigenvalue weighted by Crippen LogP contribution is -2.28. The Morgan fingerprint density at radius 2 is 2.24 bits per heavy atom. The van der Waals surface area contributed by atoms with Crippen LogP contribution in [-0.4, -0.2) is 24.3 Å². The zero-order valence-corrected chi connectivity index (χ0v) is 10.8. The van der Waals surface area contributed by atoms with E-state index < -0.39 is 0 Å². The van der Waals surface area contributed by atoms with E-state index in [0.717, 1.165) is 11.3 Å². The molecule has 0 aliphatic heterocycles. The van der Waals surface area contributed by atoms with Gasteiger partial charge in [0.25, 0.3) is 0 Å². The van der Waals surface area contributed by atoms with E-state index in [1.807, 2.05) is 25.1 Å². The lowest BCUT2D eigenvalue weighted by atomic mass is 10.1. The number of anilines is 1. The molecule has 3 N–H and O–H groups in total. The predicted molar refractivity (Wildman–Crippen MR) is 71.5 cm³/mol. The number of aliphatic hydroxyl groups excluding tert-OH is 1. The summed E-state index contributed by atoms with van der Waals surface area (Å²) >= 11 is 6.22. The minimum atomic E-state index is -0.0521. The van der Waals surface area contributed by atoms with Crippen molar-refractivity contribution >= 4 is 17.3 Å². The smallest absolute Gasteiger partial charge is 0.0606 e. The second kappa shape index (κ2) is 5.25. The summed E-state index contributed by atoms with van der Waals surface area (Å²) in [6.45, 7) is 2.76. The third kappa shape index (κ3) is 2.92. The molecule has 1 saturated carbocycles. The lowest BCUT2D eigenvalue weighted by molar-refractivity contribution is 0.301. The van der Waals surface area contributed by atoms with Crippen LogP contribution < -0.4 is 10.6 Å². The third-order valence-electron chi connectivity index (χ3n) is 3.13. The van der Waals surface area contributed by atoms with Crippen LogP contribution in [0.5, 0.6) is 0 Å². The van der Waals surface area contributed by atoms with Crippen LogP contribution in [-0.2, 0) is 0 Å². The molecule has 2 rings (SSSR count). The van der Waals surface area contributed by atoms with Crippen molar-refractivity contribution in [3.05, 3.63) is 28.8 Å². The minimum absolute atomic E-state index is 0.0521. The average Bonchev–Trinajstić information content (AvgIpc) is 3.09. The van der Waals surface area contributed by atoms with Gasteiger partial charge in [-0.3, -0.25) is 0 Å². The topological polar surface area (TPSA) is 49.5 Å². The second-order valence-corrected chi connectivity index (χ2v) is 5.05. The standard InChI is InChI=1S/C13H19ClN2O/c1-9(15)12-5-4-11(8-13(12)14)16(6-7-17)10-2-3-10/h4-5,8-10,17H,2-3,6-7,15H2,1H3. The van der Waals surface area contributed by atoms with Gasteiger partial charge >= 0.3 is 0 Å². The summed E-state index contributed by atoms with van der Waals surface area (Å²) < 4.78 is 0. The van der Waals surface area contributed by atoms with Crippen molar-refractivity contribution in [2.45, 2.75) is 31.8 Å². The maximum absolute atomic E-state index is 9.09. The molecule has 1 atom stereocenters. The normalized spacial score (nSPS) is 16.9. The predicted octanol–water partition coefficient (Wildman–Crippen LogP) is 2.32. The van der Waals surface area contributed by atoms with Crippen LogP contribution in [0.2, 0.25) is 5.02 Å². The number of hydrogen-bond donors (Lipinski definition) is 2. The Kier molecular flexibility index (Phi) is 3.92. The molecular weight excluding hydrogens is 236 g/mol. The fraction of sp³-hybridized carbons (Fsp3) is 0.538. The van der Waals surface area contributed by atoms with Crippen molar-refractivity contribution in [3.63, 3.8) is 0 Å². The Hall–Kier alpha value is -0.770. The molecule has 1 aromatic carbocycles. The van der Waals surface area contributed by atoms with Crippen LogP contribution in [0, 0.1) is 0 Å². The Bertz CT molecular complexity index is 391. The van der Waals surface area contributed by atoms with Crippen LogP contribution >= 0.6 is 11.6 Å². The van der Waals surface area contributed by atoms with E-state index in [-0.39, 0.29) is 12.6 Å². The summed E-state index contributed by atoms with van der Waals surface area (Å²) in [5.74, 6) is 0. The van der Waals surface area contributed by atoms with Crippen LogP contribution in [0.4, 0.5) is 5.69 Å². The number of hydrogen-bond acceptors (Lipinski definition) is 3. The molecule has 0 amide bonds. The molecular formula is C13H19ClN2O. The Morgan fingerprint density at radius 1 is 1.53 bits per heavy atom. The molecule has 1 aromatic rings. The highest BCUT2D eigenvalue weighted by Crippen LogP contribution is 2.34. The van der Waals surface area contributed by atoms with Crippen LogP contribution in [0.25, 0.3) is 0 Å². The van der Waals surface area contributed by atoms with E-state index in [1.54, 1.807) is 0 Å². The molecule has 0 spiro atoms. The van der Waals surface area contributed by atoms with E-state index >= 15 is 0 Å². The number of nitrogens with zero attached hydrogens (tertiary/aromatic N) is 1. The number of benzene rings is 1. The quantitative estimate of drug-likeness (QED) is 0.848. The number of rotatable bonds is 5. The summed E-state index contributed by atoms with van der Waals surface area (Å²) in [7, 11) is 0. The van der Waals surface area contributed by atoms with E-state index in [1.165, 1.54) is 12.8 Å². The molecule has 0 saturated heterocycles. The molecule has 1 aliphatic rings. The zero-order valence-electron chi connectivity index (χ0n) is 10.1. The Balaban J connectivity index is 2.22. The number of aliphatic hydroxyl groups is 1. The number of nitrogens with two attached hydrogens (primary N) is 1. The summed E-state index contributed by atoms with van der Waals surface area (Å²) in [6.07, 6.45) is 2.40. The van der Waals surface area contributed by atoms with Gasteiger partial charge in [0.15, 0.2) is 0 Å². The van der Waals surface area contributed by atoms with E-state index in [2.05, 4.69) is 4.90 Å². The van der Waals surface area contributed by atoms with Crippen molar-refractivity contribution < 1.29 is 5.11 Å². The van der Waals surface area contributed by atoms with E-state index in [9.17, 15) is 0 Å². The van der Waals surface area contributed by atoms with Crippen LogP contribution in [0.15, 0.2) is 18.2 Å². The molecule has 17 heavy (non-hydrogen) atoms. The van der Waals surface area contributed by atoms with Crippen molar-refractivity contribution in [1.82, 2.24) is 0 Å². The van der Waals surface area contributed by atoms with Gasteiger partial charge in [0.2, 0.25) is 0 Å². The first-order chi connectivity index (χ1) is 8.13. The molecule has 0 bridgehead atoms. The van der Waals surface area contributed by atoms with Crippen LogP contribution in [0.1, 0.15) is 31.4 Å². The van der Waals surface area contributed by atoms with Crippen molar-refractivity contribution in [2.75, 3.05) is 18.1 Å². The second-order valence-electron chi connectivity index (χ2n) is 4.64. The molecule has 0 aromatic heterocycles. The minimum Gasteiger partial charge on any atom is -0.395 e. The first-order valence-corrected chi connectivity index (χ1v) is 6.44. The molecule has 4 heteroatoms. The molecule has 1 fully saturated rings. The molecule has 1 aliphatic carbocycles. The van der Waals surface area contributed by atoms with Gasteiger partial charge in [0.05, 0.1) is 6.61 Å². The van der Waals surface area contributed by atoms with Crippen molar-refractivity contribution in [2.24, 2.45) is 5.73 Å². The van der Waals surface area contributed by atoms with E-state index in [0.29, 0.717) is 17.6 Å². The Morgan fingerprint density at radius 3 is 2.71 bits per heavy atom. The molecule has 0 heterocycles. The van der Waals surface area contributed by atoms with Crippen molar-refractivity contribution in [3.8, 4) is 0 Å². The molecule has 0 radical (unpaired) electrons. The van der Waals surface area contributed by atoms with Gasteiger partial charge in [0.1, 0.15) is 0 Å². The lowest BCUT2D eigenvalue weighted by Gasteiger charge is -2.24. The van der Waals surface area contributed by atoms with Gasteiger partial charge in [-0.2, -0.15) is 0 Å². The molecule has 3 nitrogen and oxygen atoms in total. The summed E-state index contributed by atoms with van der Waals surface area (Å²) in [6, 6.07) is 6.49. The first kappa shape index (κ1) is 12.7. The summed E-state index contributed by atoms with van der Waals surface area (Å²) in [4.78, 5) is 2.22. The fourth-order valence-corrected chi connectivity index (χ4v) is 2.43. The highest BCUT2D eigenvalue weighted by atomic mass is 35.5. The largest absolute Gasteiger partial charge is 0.395 e. The van der Waals surface area contributed by atoms with Gasteiger partial charge in [-0.25, -0.2) is 0 Å². The maximum atomic E-state index is 9.09. The average molecular weight is 255 g/mol. The molecule has 94 valence electrons. The fourth-order valence-electron chi connectivity index (χ4n) is 2.08. The maximum Gasteiger partial charge on any atom is 0.0606 e. The highest BCUT2D eigenvalue weighted by Gasteiger charge is 2.29. The van der Waals surface area contributed by atoms with Gasteiger partial charge < -0.3 is 15.7 Å². The summed E-state index contributed by atoms with van der Waals surface area (Å²) in [5, 5.41) is 9.80. The monoisotopic (exact) mass is 254 g/mol. The third-order valence-corrected chi connectivity index (χ3v) is 3.46. The Labute approximate surface area is 107 Å². The summed E-state index contributed by atoms with van der Waals surface area (Å²) in [5.41, 5.74) is 7.88. The zero-order chi connectivity index (χ0) is 12.4. The molecule has 1 unspecified atom stereocenters. The first-order valence-electron chi connectivity index (χ1n) is 6.06. The van der Waals surface area contributed by atoms with Gasteiger partial charge in [-0.1, -0.05) is 17.7 Å². The van der Waals surface area contributed by atoms with Crippen LogP contribution in [0.3, 0.4) is 0 Å². The van der Waals surface area contributed by atoms with Gasteiger partial charge in [-0.05, 0) is 37.5 Å². The SMILES string of the molecule is CC(N)c1ccc(N(CCO)C2CC2)cc1Cl. The van der Waals surface area contributed by atoms with Gasteiger partial charge in [0, 0.05) is 29.3 Å².